The summed E-state index contributed by atoms with van der Waals surface area (Å²) in [5.74, 6) is -4.74. The van der Waals surface area contributed by atoms with Gasteiger partial charge in [-0.25, -0.2) is 18.4 Å². The monoisotopic (exact) mass is 628 g/mol. The predicted molar refractivity (Wildman–Crippen MR) is 146 cm³/mol. The number of halogens is 2. The highest BCUT2D eigenvalue weighted by molar-refractivity contribution is 5.99. The number of esters is 1. The van der Waals surface area contributed by atoms with Crippen LogP contribution in [0.4, 0.5) is 13.6 Å². The quantitative estimate of drug-likeness (QED) is 0.258. The third kappa shape index (κ3) is 7.06. The van der Waals surface area contributed by atoms with E-state index >= 15 is 0 Å². The van der Waals surface area contributed by atoms with Crippen LogP contribution < -0.4 is 15.5 Å². The van der Waals surface area contributed by atoms with E-state index in [4.69, 9.17) is 18.9 Å². The number of hydrogen-bond acceptors (Lipinski definition) is 11. The molecule has 1 N–H and O–H groups in total. The second-order valence-electron chi connectivity index (χ2n) is 9.90. The minimum absolute atomic E-state index is 0.0361. The molecule has 14 nitrogen and oxygen atoms in total. The molecule has 236 valence electrons. The summed E-state index contributed by atoms with van der Waals surface area (Å²) in [6, 6.07) is 7.51. The second kappa shape index (κ2) is 13.5. The van der Waals surface area contributed by atoms with E-state index in [0.29, 0.717) is 11.8 Å². The SMILES string of the molecule is C[C@H]1CO[C@@H]2Cn3cc(C(=O)NCc4ccc(F)cc4F)c(=O)c(OCOC(=O)OCC(=O)OCc4ccccn4)c3C(=O)N12. The van der Waals surface area contributed by atoms with Crippen molar-refractivity contribution in [3.05, 3.63) is 93.2 Å². The summed E-state index contributed by atoms with van der Waals surface area (Å²) in [4.78, 5) is 69.2. The first-order valence-corrected chi connectivity index (χ1v) is 13.5. The Morgan fingerprint density at radius 3 is 2.69 bits per heavy atom. The van der Waals surface area contributed by atoms with Crippen LogP contribution in [0.1, 0.15) is 39.0 Å². The summed E-state index contributed by atoms with van der Waals surface area (Å²) in [5, 5.41) is 2.39. The molecule has 2 atom stereocenters. The van der Waals surface area contributed by atoms with Crippen LogP contribution in [0.3, 0.4) is 0 Å². The van der Waals surface area contributed by atoms with Crippen molar-refractivity contribution in [2.45, 2.75) is 38.9 Å². The second-order valence-corrected chi connectivity index (χ2v) is 9.90. The number of rotatable bonds is 10. The Kier molecular flexibility index (Phi) is 9.32. The Bertz CT molecular complexity index is 1680. The molecule has 3 aromatic rings. The number of carbonyl (C=O) groups is 4. The topological polar surface area (TPSA) is 165 Å². The fraction of sp³-hybridized carbons (Fsp3) is 0.310. The van der Waals surface area contributed by atoms with Gasteiger partial charge in [-0.3, -0.25) is 19.4 Å². The lowest BCUT2D eigenvalue weighted by Crippen LogP contribution is -2.49. The molecule has 0 saturated carbocycles. The van der Waals surface area contributed by atoms with Crippen LogP contribution in [0.2, 0.25) is 0 Å². The number of nitrogens with zero attached hydrogens (tertiary/aromatic N) is 3. The van der Waals surface area contributed by atoms with E-state index in [-0.39, 0.29) is 43.6 Å². The van der Waals surface area contributed by atoms with E-state index in [1.54, 1.807) is 25.1 Å². The number of pyridine rings is 2. The first-order valence-electron chi connectivity index (χ1n) is 13.5. The van der Waals surface area contributed by atoms with Gasteiger partial charge in [0.2, 0.25) is 18.0 Å². The highest BCUT2D eigenvalue weighted by atomic mass is 19.1. The normalized spacial score (nSPS) is 16.8. The number of amides is 2. The van der Waals surface area contributed by atoms with Gasteiger partial charge in [0, 0.05) is 30.6 Å². The number of fused-ring (bicyclic) bond motifs is 2. The van der Waals surface area contributed by atoms with Crippen molar-refractivity contribution in [1.82, 2.24) is 19.8 Å². The molecule has 0 spiro atoms. The lowest BCUT2D eigenvalue weighted by molar-refractivity contribution is -0.149. The van der Waals surface area contributed by atoms with E-state index in [9.17, 15) is 32.8 Å². The molecule has 1 aromatic carbocycles. The molecule has 2 aromatic heterocycles. The van der Waals surface area contributed by atoms with Crippen molar-refractivity contribution >= 4 is 23.9 Å². The highest BCUT2D eigenvalue weighted by Gasteiger charge is 2.43. The van der Waals surface area contributed by atoms with Crippen LogP contribution in [0.5, 0.6) is 5.75 Å². The molecule has 0 aliphatic carbocycles. The van der Waals surface area contributed by atoms with E-state index in [0.717, 1.165) is 18.3 Å². The molecule has 1 saturated heterocycles. The maximum absolute atomic E-state index is 14.1. The average Bonchev–Trinajstić information content (AvgIpc) is 3.40. The lowest BCUT2D eigenvalue weighted by Gasteiger charge is -2.34. The largest absolute Gasteiger partial charge is 0.511 e. The number of carbonyl (C=O) groups excluding carboxylic acids is 4. The summed E-state index contributed by atoms with van der Waals surface area (Å²) in [6.07, 6.45) is 0.640. The van der Waals surface area contributed by atoms with Crippen LogP contribution in [-0.2, 0) is 43.4 Å². The van der Waals surface area contributed by atoms with Crippen LogP contribution >= 0.6 is 0 Å². The molecule has 45 heavy (non-hydrogen) atoms. The van der Waals surface area contributed by atoms with Gasteiger partial charge in [0.05, 0.1) is 24.9 Å². The van der Waals surface area contributed by atoms with Crippen molar-refractivity contribution in [2.24, 2.45) is 0 Å². The third-order valence-electron chi connectivity index (χ3n) is 6.84. The van der Waals surface area contributed by atoms with Gasteiger partial charge < -0.3 is 38.5 Å². The zero-order valence-corrected chi connectivity index (χ0v) is 23.7. The summed E-state index contributed by atoms with van der Waals surface area (Å²) in [5.41, 5.74) is -1.27. The third-order valence-corrected chi connectivity index (χ3v) is 6.84. The minimum Gasteiger partial charge on any atom is -0.457 e. The van der Waals surface area contributed by atoms with Crippen molar-refractivity contribution in [2.75, 3.05) is 20.0 Å². The van der Waals surface area contributed by atoms with Crippen LogP contribution in [0.25, 0.3) is 0 Å². The first-order chi connectivity index (χ1) is 21.6. The molecular formula is C29H26F2N4O10. The molecule has 2 amide bonds. The van der Waals surface area contributed by atoms with Crippen molar-refractivity contribution in [3.8, 4) is 5.75 Å². The lowest BCUT2D eigenvalue weighted by atomic mass is 10.1. The predicted octanol–water partition coefficient (Wildman–Crippen LogP) is 1.88. The molecule has 5 rings (SSSR count). The molecule has 0 radical (unpaired) electrons. The molecule has 1 fully saturated rings. The van der Waals surface area contributed by atoms with Gasteiger partial charge in [-0.15, -0.1) is 0 Å². The van der Waals surface area contributed by atoms with Crippen molar-refractivity contribution in [1.29, 1.82) is 0 Å². The smallest absolute Gasteiger partial charge is 0.457 e. The van der Waals surface area contributed by atoms with Crippen LogP contribution in [-0.4, -0.2) is 70.7 Å². The molecule has 2 aliphatic rings. The standard InChI is InChI=1S/C29H26F2N4O10/c1-16-12-41-22-11-34-10-20(27(38)33-9-17-5-6-18(30)8-21(17)31)25(37)26(24(34)28(39)35(16)22)44-15-45-29(40)43-14-23(36)42-13-19-4-2-3-7-32-19/h2-8,10,16,22H,9,11-15H2,1H3,(H,33,38)/t16-,22+/m0/s1. The van der Waals surface area contributed by atoms with E-state index in [1.165, 1.54) is 15.7 Å². The van der Waals surface area contributed by atoms with Gasteiger partial charge in [0.15, 0.2) is 18.5 Å². The summed E-state index contributed by atoms with van der Waals surface area (Å²) in [7, 11) is 0. The summed E-state index contributed by atoms with van der Waals surface area (Å²) >= 11 is 0. The maximum Gasteiger partial charge on any atom is 0.511 e. The Labute approximate surface area is 253 Å². The first kappa shape index (κ1) is 31.1. The van der Waals surface area contributed by atoms with Gasteiger partial charge in [0.25, 0.3) is 11.8 Å². The molecule has 0 unspecified atom stereocenters. The Balaban J connectivity index is 1.27. The van der Waals surface area contributed by atoms with Crippen LogP contribution in [0.15, 0.2) is 53.6 Å². The zero-order chi connectivity index (χ0) is 32.1. The number of ether oxygens (including phenoxy) is 5. The van der Waals surface area contributed by atoms with E-state index in [2.05, 4.69) is 15.0 Å². The molecular weight excluding hydrogens is 602 g/mol. The van der Waals surface area contributed by atoms with Crippen molar-refractivity contribution < 1.29 is 51.6 Å². The van der Waals surface area contributed by atoms with E-state index in [1.807, 2.05) is 0 Å². The van der Waals surface area contributed by atoms with Gasteiger partial charge in [0.1, 0.15) is 23.8 Å². The number of benzene rings is 1. The summed E-state index contributed by atoms with van der Waals surface area (Å²) < 4.78 is 54.1. The zero-order valence-electron chi connectivity index (χ0n) is 23.7. The van der Waals surface area contributed by atoms with E-state index < -0.39 is 71.9 Å². The van der Waals surface area contributed by atoms with Gasteiger partial charge >= 0.3 is 12.1 Å². The Morgan fingerprint density at radius 1 is 1.11 bits per heavy atom. The average molecular weight is 629 g/mol. The molecule has 16 heteroatoms. The fourth-order valence-corrected chi connectivity index (χ4v) is 4.67. The fourth-order valence-electron chi connectivity index (χ4n) is 4.67. The van der Waals surface area contributed by atoms with Crippen molar-refractivity contribution in [3.63, 3.8) is 0 Å². The number of hydrogen-bond donors (Lipinski definition) is 1. The summed E-state index contributed by atoms with van der Waals surface area (Å²) in [6.45, 7) is -0.214. The minimum atomic E-state index is -1.35. The molecule has 0 bridgehead atoms. The highest BCUT2D eigenvalue weighted by Crippen LogP contribution is 2.30. The number of nitrogens with one attached hydrogen (secondary N) is 1. The molecule has 4 heterocycles. The van der Waals surface area contributed by atoms with Crippen LogP contribution in [0, 0.1) is 11.6 Å². The van der Waals surface area contributed by atoms with Gasteiger partial charge in [-0.1, -0.05) is 12.1 Å². The number of aromatic nitrogens is 2. The Hall–Kier alpha value is -5.38. The van der Waals surface area contributed by atoms with Gasteiger partial charge in [-0.05, 0) is 25.1 Å². The van der Waals surface area contributed by atoms with Gasteiger partial charge in [-0.2, -0.15) is 0 Å². The maximum atomic E-state index is 14.1. The molecule has 2 aliphatic heterocycles. The Morgan fingerprint density at radius 2 is 1.93 bits per heavy atom.